The van der Waals surface area contributed by atoms with Crippen LogP contribution in [0.2, 0.25) is 0 Å². The van der Waals surface area contributed by atoms with Gasteiger partial charge in [-0.05, 0) is 61.9 Å². The molecule has 0 atom stereocenters. The molecule has 0 bridgehead atoms. The molecule has 0 spiro atoms. The monoisotopic (exact) mass is 520 g/mol. The van der Waals surface area contributed by atoms with Crippen molar-refractivity contribution < 1.29 is 0 Å². The highest BCUT2D eigenvalue weighted by Crippen LogP contribution is 2.26. The lowest BCUT2D eigenvalue weighted by atomic mass is 10.1. The van der Waals surface area contributed by atoms with Gasteiger partial charge >= 0.3 is 0 Å². The van der Waals surface area contributed by atoms with Crippen LogP contribution in [-0.2, 0) is 13.0 Å². The fraction of sp³-hybridized carbons (Fsp3) is 0.267. The number of hydrogen-bond acceptors (Lipinski definition) is 7. The van der Waals surface area contributed by atoms with Crippen LogP contribution in [0.15, 0.2) is 83.9 Å². The average Bonchev–Trinajstić information content (AvgIpc) is 3.24. The zero-order valence-corrected chi connectivity index (χ0v) is 22.3. The molecule has 0 aliphatic carbocycles. The lowest BCUT2D eigenvalue weighted by Crippen LogP contribution is -2.44. The molecule has 1 saturated heterocycles. The van der Waals surface area contributed by atoms with Crippen LogP contribution < -0.4 is 15.8 Å². The number of rotatable bonds is 7. The van der Waals surface area contributed by atoms with Gasteiger partial charge in [0.2, 0.25) is 5.95 Å². The number of hydrogen-bond donors (Lipinski definition) is 1. The van der Waals surface area contributed by atoms with Crippen LogP contribution in [0.4, 0.5) is 17.3 Å². The molecule has 0 radical (unpaired) electrons. The number of anilines is 3. The minimum Gasteiger partial charge on any atom is -0.369 e. The third-order valence-electron chi connectivity index (χ3n) is 7.29. The molecular weight excluding hydrogens is 488 g/mol. The van der Waals surface area contributed by atoms with Gasteiger partial charge in [-0.25, -0.2) is 19.3 Å². The Balaban J connectivity index is 1.33. The molecule has 1 fully saturated rings. The van der Waals surface area contributed by atoms with Gasteiger partial charge in [0.05, 0.1) is 0 Å². The van der Waals surface area contributed by atoms with Crippen molar-refractivity contribution >= 4 is 28.4 Å². The maximum atomic E-state index is 13.5. The zero-order valence-electron chi connectivity index (χ0n) is 22.3. The highest BCUT2D eigenvalue weighted by atomic mass is 16.1. The minimum atomic E-state index is -0.134. The van der Waals surface area contributed by atoms with Gasteiger partial charge in [-0.2, -0.15) is 4.98 Å². The van der Waals surface area contributed by atoms with E-state index in [-0.39, 0.29) is 5.56 Å². The van der Waals surface area contributed by atoms with Crippen LogP contribution in [0.1, 0.15) is 11.1 Å². The van der Waals surface area contributed by atoms with Crippen molar-refractivity contribution in [2.24, 2.45) is 0 Å². The molecule has 0 unspecified atom stereocenters. The predicted molar refractivity (Wildman–Crippen MR) is 155 cm³/mol. The summed E-state index contributed by atoms with van der Waals surface area (Å²) in [5.41, 5.74) is 4.90. The highest BCUT2D eigenvalue weighted by molar-refractivity contribution is 5.77. The fourth-order valence-corrected chi connectivity index (χ4v) is 5.15. The third-order valence-corrected chi connectivity index (χ3v) is 7.29. The van der Waals surface area contributed by atoms with Crippen LogP contribution in [0.5, 0.6) is 0 Å². The van der Waals surface area contributed by atoms with Gasteiger partial charge < -0.3 is 15.1 Å². The predicted octanol–water partition coefficient (Wildman–Crippen LogP) is 4.02. The zero-order chi connectivity index (χ0) is 26.8. The fourth-order valence-electron chi connectivity index (χ4n) is 5.15. The number of fused-ring (bicyclic) bond motifs is 1. The Labute approximate surface area is 227 Å². The number of nitrogens with one attached hydrogen (secondary N) is 1. The van der Waals surface area contributed by atoms with Gasteiger partial charge in [-0.15, -0.1) is 0 Å². The number of benzene rings is 2. The molecule has 2 aromatic carbocycles. The van der Waals surface area contributed by atoms with Gasteiger partial charge in [0.15, 0.2) is 11.5 Å². The summed E-state index contributed by atoms with van der Waals surface area (Å²) < 4.78 is 3.50. The number of nitrogens with zero attached hydrogens (tertiary/aromatic N) is 7. The molecule has 4 heterocycles. The number of piperazine rings is 1. The summed E-state index contributed by atoms with van der Waals surface area (Å²) in [7, 11) is 2.17. The van der Waals surface area contributed by atoms with E-state index < -0.39 is 0 Å². The molecule has 0 saturated carbocycles. The Morgan fingerprint density at radius 1 is 0.923 bits per heavy atom. The highest BCUT2D eigenvalue weighted by Gasteiger charge is 2.19. The van der Waals surface area contributed by atoms with Crippen molar-refractivity contribution in [3.63, 3.8) is 0 Å². The molecule has 1 aliphatic rings. The van der Waals surface area contributed by atoms with Crippen LogP contribution >= 0.6 is 0 Å². The first-order valence-corrected chi connectivity index (χ1v) is 13.3. The summed E-state index contributed by atoms with van der Waals surface area (Å²) in [5.74, 6) is 1.06. The van der Waals surface area contributed by atoms with Crippen molar-refractivity contribution in [3.05, 3.63) is 101 Å². The van der Waals surface area contributed by atoms with Gasteiger partial charge in [-0.3, -0.25) is 4.79 Å². The Morgan fingerprint density at radius 3 is 2.46 bits per heavy atom. The van der Waals surface area contributed by atoms with E-state index >= 15 is 0 Å². The van der Waals surface area contributed by atoms with Gasteiger partial charge in [0, 0.05) is 56.5 Å². The second kappa shape index (κ2) is 10.7. The normalized spacial score (nSPS) is 14.2. The van der Waals surface area contributed by atoms with Gasteiger partial charge in [0.25, 0.3) is 5.56 Å². The first-order chi connectivity index (χ1) is 19.1. The molecule has 198 valence electrons. The molecule has 9 heteroatoms. The second-order valence-corrected chi connectivity index (χ2v) is 10.0. The molecule has 1 N–H and O–H groups in total. The number of aryl methyl sites for hydroxylation is 2. The first-order valence-electron chi connectivity index (χ1n) is 13.3. The molecule has 9 nitrogen and oxygen atoms in total. The van der Waals surface area contributed by atoms with E-state index in [0.717, 1.165) is 37.4 Å². The average molecular weight is 521 g/mol. The molecule has 6 rings (SSSR count). The first kappa shape index (κ1) is 24.8. The third kappa shape index (κ3) is 5.13. The summed E-state index contributed by atoms with van der Waals surface area (Å²) >= 11 is 0. The quantitative estimate of drug-likeness (QED) is 0.347. The summed E-state index contributed by atoms with van der Waals surface area (Å²) in [6, 6.07) is 22.1. The molecule has 39 heavy (non-hydrogen) atoms. The Morgan fingerprint density at radius 2 is 1.72 bits per heavy atom. The van der Waals surface area contributed by atoms with Crippen molar-refractivity contribution in [2.45, 2.75) is 19.9 Å². The van der Waals surface area contributed by atoms with Crippen molar-refractivity contribution in [3.8, 4) is 5.82 Å². The maximum absolute atomic E-state index is 13.5. The van der Waals surface area contributed by atoms with E-state index in [0.29, 0.717) is 35.8 Å². The van der Waals surface area contributed by atoms with Crippen molar-refractivity contribution in [1.29, 1.82) is 0 Å². The molecule has 5 aromatic rings. The SMILES string of the molecule is Cc1cc(Nc2ncc3c(=O)n(CCc4ccccc4)n(-c4ccccn4)c3n2)ccc1N1CCN(C)CC1. The molecule has 3 aromatic heterocycles. The summed E-state index contributed by atoms with van der Waals surface area (Å²) in [6.07, 6.45) is 4.04. The number of pyridine rings is 1. The van der Waals surface area contributed by atoms with E-state index in [1.54, 1.807) is 21.8 Å². The van der Waals surface area contributed by atoms with Gasteiger partial charge in [0.1, 0.15) is 5.39 Å². The van der Waals surface area contributed by atoms with Crippen LogP contribution in [0.25, 0.3) is 16.9 Å². The number of aromatic nitrogens is 5. The van der Waals surface area contributed by atoms with E-state index in [1.165, 1.54) is 11.3 Å². The molecular formula is C30H32N8O. The van der Waals surface area contributed by atoms with Crippen LogP contribution in [0.3, 0.4) is 0 Å². The molecule has 1 aliphatic heterocycles. The topological polar surface area (TPSA) is 84.1 Å². The van der Waals surface area contributed by atoms with Crippen LogP contribution in [-0.4, -0.2) is 62.4 Å². The standard InChI is InChI=1S/C30H32N8O/c1-22-20-24(11-12-26(22)36-18-16-35(2)17-19-36)33-30-32-21-25-28(34-30)38(27-10-6-7-14-31-27)37(29(25)39)15-13-23-8-4-3-5-9-23/h3-12,14,20-21H,13,15-19H2,1-2H3,(H,32,33,34). The summed E-state index contributed by atoms with van der Waals surface area (Å²) in [5, 5.41) is 3.80. The Kier molecular flexibility index (Phi) is 6.81. The Hall–Kier alpha value is -4.50. The van der Waals surface area contributed by atoms with E-state index in [9.17, 15) is 4.79 Å². The van der Waals surface area contributed by atoms with Crippen molar-refractivity contribution in [2.75, 3.05) is 43.4 Å². The van der Waals surface area contributed by atoms with Crippen molar-refractivity contribution in [1.82, 2.24) is 29.2 Å². The minimum absolute atomic E-state index is 0.134. The summed E-state index contributed by atoms with van der Waals surface area (Å²) in [6.45, 7) is 6.80. The van der Waals surface area contributed by atoms with E-state index in [4.69, 9.17) is 4.98 Å². The van der Waals surface area contributed by atoms with Crippen LogP contribution in [0, 0.1) is 6.92 Å². The second-order valence-electron chi connectivity index (χ2n) is 10.0. The largest absolute Gasteiger partial charge is 0.369 e. The van der Waals surface area contributed by atoms with Gasteiger partial charge in [-0.1, -0.05) is 36.4 Å². The summed E-state index contributed by atoms with van der Waals surface area (Å²) in [4.78, 5) is 32.1. The smallest absolute Gasteiger partial charge is 0.278 e. The maximum Gasteiger partial charge on any atom is 0.278 e. The lowest BCUT2D eigenvalue weighted by molar-refractivity contribution is 0.312. The Bertz CT molecular complexity index is 1640. The van der Waals surface area contributed by atoms with E-state index in [1.807, 2.05) is 36.4 Å². The number of likely N-dealkylation sites (N-methyl/N-ethyl adjacent to an activating group) is 1. The van der Waals surface area contributed by atoms with E-state index in [2.05, 4.69) is 69.4 Å². The lowest BCUT2D eigenvalue weighted by Gasteiger charge is -2.35. The molecule has 0 amide bonds.